The highest BCUT2D eigenvalue weighted by Gasteiger charge is 2.71. The second kappa shape index (κ2) is 7.01. The van der Waals surface area contributed by atoms with Crippen LogP contribution in [0.5, 0.6) is 0 Å². The van der Waals surface area contributed by atoms with E-state index in [0.29, 0.717) is 12.3 Å². The largest absolute Gasteiger partial charge is 0.481 e. The minimum atomic E-state index is -0.719. The van der Waals surface area contributed by atoms with Gasteiger partial charge in [0.15, 0.2) is 5.78 Å². The summed E-state index contributed by atoms with van der Waals surface area (Å²) in [6.45, 7) is 15.9. The topological polar surface area (TPSA) is 106 Å². The molecule has 0 radical (unpaired) electrons. The zero-order valence-electron chi connectivity index (χ0n) is 23.1. The first-order valence-corrected chi connectivity index (χ1v) is 14.0. The number of aliphatic carboxylic acids is 1. The molecule has 0 amide bonds. The van der Waals surface area contributed by atoms with Crippen molar-refractivity contribution >= 4 is 11.8 Å². The van der Waals surface area contributed by atoms with E-state index in [0.717, 1.165) is 51.4 Å². The fourth-order valence-electron chi connectivity index (χ4n) is 10.4. The third-order valence-electron chi connectivity index (χ3n) is 13.5. The summed E-state index contributed by atoms with van der Waals surface area (Å²) in [6.07, 6.45) is 10.2. The minimum absolute atomic E-state index is 0.0447. The number of rotatable bonds is 1. The van der Waals surface area contributed by atoms with Gasteiger partial charge in [-0.15, -0.1) is 0 Å². The normalized spacial score (nSPS) is 52.3. The van der Waals surface area contributed by atoms with Gasteiger partial charge in [0.2, 0.25) is 0 Å². The maximum absolute atomic E-state index is 14.3. The Hall–Kier alpha value is -1.20. The van der Waals surface area contributed by atoms with Crippen LogP contribution in [0.15, 0.2) is 11.6 Å². The Morgan fingerprint density at radius 2 is 1.54 bits per heavy atom. The van der Waals surface area contributed by atoms with E-state index in [-0.39, 0.29) is 44.7 Å². The molecule has 0 spiro atoms. The van der Waals surface area contributed by atoms with E-state index in [1.165, 1.54) is 5.57 Å². The first-order valence-electron chi connectivity index (χ1n) is 14.0. The van der Waals surface area contributed by atoms with Gasteiger partial charge < -0.3 is 16.6 Å². The summed E-state index contributed by atoms with van der Waals surface area (Å²) in [5.41, 5.74) is 12.6. The number of carboxylic acid groups (broad SMARTS) is 1. The Bertz CT molecular complexity index is 1020. The van der Waals surface area contributed by atoms with Crippen LogP contribution in [0.4, 0.5) is 0 Å². The molecule has 0 aliphatic heterocycles. The van der Waals surface area contributed by atoms with Crippen molar-refractivity contribution in [3.8, 4) is 0 Å². The predicted molar refractivity (Wildman–Crippen MR) is 138 cm³/mol. The van der Waals surface area contributed by atoms with E-state index < -0.39 is 17.0 Å². The molecule has 5 heteroatoms. The number of nitrogens with two attached hydrogens (primary N) is 2. The molecule has 4 fully saturated rings. The number of carbonyl (C=O) groups is 2. The van der Waals surface area contributed by atoms with Crippen molar-refractivity contribution in [1.29, 1.82) is 0 Å². The number of hydrogen-bond acceptors (Lipinski definition) is 4. The van der Waals surface area contributed by atoms with Crippen molar-refractivity contribution in [3.05, 3.63) is 11.6 Å². The number of ketones is 1. The van der Waals surface area contributed by atoms with Gasteiger partial charge in [-0.25, -0.2) is 0 Å². The van der Waals surface area contributed by atoms with Crippen LogP contribution in [0.25, 0.3) is 0 Å². The van der Waals surface area contributed by atoms with E-state index in [4.69, 9.17) is 11.5 Å². The smallest absolute Gasteiger partial charge is 0.309 e. The van der Waals surface area contributed by atoms with E-state index in [1.807, 2.05) is 13.0 Å². The average molecular weight is 485 g/mol. The zero-order chi connectivity index (χ0) is 26.0. The van der Waals surface area contributed by atoms with Gasteiger partial charge in [-0.05, 0) is 110 Å². The second-order valence-corrected chi connectivity index (χ2v) is 15.3. The quantitative estimate of drug-likeness (QED) is 0.416. The molecule has 8 atom stereocenters. The van der Waals surface area contributed by atoms with Crippen molar-refractivity contribution < 1.29 is 14.7 Å². The number of carbonyl (C=O) groups excluding carboxylic acids is 1. The lowest BCUT2D eigenvalue weighted by atomic mass is 9.33. The third-order valence-corrected chi connectivity index (χ3v) is 13.5. The van der Waals surface area contributed by atoms with Gasteiger partial charge in [0.05, 0.1) is 11.1 Å². The predicted octanol–water partition coefficient (Wildman–Crippen LogP) is 5.67. The Kier molecular flexibility index (Phi) is 5.10. The molecule has 196 valence electrons. The van der Waals surface area contributed by atoms with E-state index >= 15 is 0 Å². The summed E-state index contributed by atoms with van der Waals surface area (Å²) in [6, 6.07) is 0. The Balaban J connectivity index is 1.62. The number of allylic oxidation sites excluding steroid dienone is 2. The number of fused-ring (bicyclic) bond motifs is 7. The molecule has 5 aliphatic carbocycles. The summed E-state index contributed by atoms with van der Waals surface area (Å²) in [4.78, 5) is 26.5. The highest BCUT2D eigenvalue weighted by atomic mass is 16.4. The molecule has 0 heterocycles. The van der Waals surface area contributed by atoms with Crippen LogP contribution in [0.3, 0.4) is 0 Å². The van der Waals surface area contributed by atoms with Crippen LogP contribution in [-0.2, 0) is 9.59 Å². The Labute approximate surface area is 211 Å². The van der Waals surface area contributed by atoms with Crippen LogP contribution < -0.4 is 11.5 Å². The van der Waals surface area contributed by atoms with Gasteiger partial charge in [-0.3, -0.25) is 9.59 Å². The molecule has 0 aromatic carbocycles. The molecular weight excluding hydrogens is 436 g/mol. The maximum Gasteiger partial charge on any atom is 0.309 e. The molecule has 0 saturated heterocycles. The van der Waals surface area contributed by atoms with Gasteiger partial charge in [0, 0.05) is 5.92 Å². The molecule has 5 N–H and O–H groups in total. The van der Waals surface area contributed by atoms with Crippen LogP contribution in [0.2, 0.25) is 0 Å². The summed E-state index contributed by atoms with van der Waals surface area (Å²) in [5, 5.41) is 10.1. The van der Waals surface area contributed by atoms with Crippen LogP contribution in [-0.4, -0.2) is 22.5 Å². The van der Waals surface area contributed by atoms with E-state index in [9.17, 15) is 14.7 Å². The standard InChI is InChI=1S/C30H48N2O3/c1-24(2)21-8-9-29(7)22(27(21,5)13-15-30(24,31)32)20(33)16-18-19-17-26(4,23(34)35)11-10-25(19,3)12-14-28(18,29)6/h16,19,21-22H,8-15,17,31-32H2,1-7H3,(H,34,35)/t19-,21?,22?,25+,26-,27-,28+,29+/m0/s1. The first-order chi connectivity index (χ1) is 15.9. The summed E-state index contributed by atoms with van der Waals surface area (Å²) in [7, 11) is 0. The summed E-state index contributed by atoms with van der Waals surface area (Å²) in [5.74, 6) is 0.00116. The number of carboxylic acids is 1. The van der Waals surface area contributed by atoms with Gasteiger partial charge in [0.25, 0.3) is 0 Å². The van der Waals surface area contributed by atoms with Crippen LogP contribution in [0, 0.1) is 50.2 Å². The molecule has 2 unspecified atom stereocenters. The summed E-state index contributed by atoms with van der Waals surface area (Å²) >= 11 is 0. The highest BCUT2D eigenvalue weighted by Crippen LogP contribution is 2.75. The molecular formula is C30H48N2O3. The minimum Gasteiger partial charge on any atom is -0.481 e. The highest BCUT2D eigenvalue weighted by molar-refractivity contribution is 5.95. The van der Waals surface area contributed by atoms with Crippen molar-refractivity contribution in [2.45, 2.75) is 112 Å². The molecule has 35 heavy (non-hydrogen) atoms. The first kappa shape index (κ1) is 25.4. The fraction of sp³-hybridized carbons (Fsp3) is 0.867. The monoisotopic (exact) mass is 484 g/mol. The van der Waals surface area contributed by atoms with Gasteiger partial charge in [-0.1, -0.05) is 47.1 Å². The van der Waals surface area contributed by atoms with Crippen LogP contribution >= 0.6 is 0 Å². The molecule has 0 aromatic heterocycles. The Morgan fingerprint density at radius 1 is 0.914 bits per heavy atom. The van der Waals surface area contributed by atoms with Gasteiger partial charge in [0.1, 0.15) is 0 Å². The van der Waals surface area contributed by atoms with Gasteiger partial charge in [-0.2, -0.15) is 0 Å². The lowest BCUT2D eigenvalue weighted by Crippen LogP contribution is -2.72. The SMILES string of the molecule is CC1(C)C2CC[C@]3(C)C(C(=O)C=C4[C@@H]5C[C@@](C)(C(=O)O)CC[C@]5(C)CC[C@]43C)[C@@]2(C)CCC1(N)N. The Morgan fingerprint density at radius 3 is 2.17 bits per heavy atom. The van der Waals surface area contributed by atoms with Crippen molar-refractivity contribution in [2.24, 2.45) is 61.7 Å². The van der Waals surface area contributed by atoms with E-state index in [2.05, 4.69) is 41.5 Å². The molecule has 5 rings (SSSR count). The molecule has 0 bridgehead atoms. The third kappa shape index (κ3) is 2.94. The molecule has 0 aromatic rings. The number of hydrogen-bond donors (Lipinski definition) is 3. The summed E-state index contributed by atoms with van der Waals surface area (Å²) < 4.78 is 0. The van der Waals surface area contributed by atoms with Crippen molar-refractivity contribution in [3.63, 3.8) is 0 Å². The fourth-order valence-corrected chi connectivity index (χ4v) is 10.4. The average Bonchev–Trinajstić information content (AvgIpc) is 2.74. The van der Waals surface area contributed by atoms with E-state index in [1.54, 1.807) is 0 Å². The lowest BCUT2D eigenvalue weighted by molar-refractivity contribution is -0.196. The second-order valence-electron chi connectivity index (χ2n) is 15.3. The van der Waals surface area contributed by atoms with Crippen molar-refractivity contribution in [2.75, 3.05) is 0 Å². The zero-order valence-corrected chi connectivity index (χ0v) is 23.1. The van der Waals surface area contributed by atoms with Crippen LogP contribution in [0.1, 0.15) is 106 Å². The molecule has 5 nitrogen and oxygen atoms in total. The van der Waals surface area contributed by atoms with Gasteiger partial charge >= 0.3 is 5.97 Å². The maximum atomic E-state index is 14.3. The molecule has 4 saturated carbocycles. The lowest BCUT2D eigenvalue weighted by Gasteiger charge is -2.71. The molecule has 5 aliphatic rings. The van der Waals surface area contributed by atoms with Crippen molar-refractivity contribution in [1.82, 2.24) is 0 Å².